The first-order valence-corrected chi connectivity index (χ1v) is 7.12. The van der Waals surface area contributed by atoms with Crippen LogP contribution in [0.1, 0.15) is 12.5 Å². The molecule has 5 atom stereocenters. The molecule has 1 aliphatic rings. The Balaban J connectivity index is 2.11. The van der Waals surface area contributed by atoms with Crippen LogP contribution in [-0.2, 0) is 20.9 Å². The van der Waals surface area contributed by atoms with E-state index in [9.17, 15) is 25.2 Å². The lowest BCUT2D eigenvalue weighted by Gasteiger charge is -2.40. The smallest absolute Gasteiger partial charge is 0.302 e. The minimum atomic E-state index is -1.53. The van der Waals surface area contributed by atoms with Crippen molar-refractivity contribution >= 4 is 5.97 Å². The highest BCUT2D eigenvalue weighted by atomic mass is 16.7. The van der Waals surface area contributed by atoms with Crippen molar-refractivity contribution in [2.24, 2.45) is 0 Å². The van der Waals surface area contributed by atoms with Gasteiger partial charge in [0.15, 0.2) is 0 Å². The van der Waals surface area contributed by atoms with Crippen molar-refractivity contribution in [3.63, 3.8) is 0 Å². The molecule has 0 radical (unpaired) electrons. The number of carbonyl (C=O) groups is 1. The summed E-state index contributed by atoms with van der Waals surface area (Å²) >= 11 is 0. The third-order valence-corrected chi connectivity index (χ3v) is 3.51. The molecule has 0 aromatic heterocycles. The van der Waals surface area contributed by atoms with Crippen molar-refractivity contribution in [2.75, 3.05) is 6.61 Å². The van der Waals surface area contributed by atoms with Gasteiger partial charge in [0.05, 0.1) is 6.61 Å². The minimum Gasteiger partial charge on any atom is -0.463 e. The van der Waals surface area contributed by atoms with E-state index in [0.717, 1.165) is 0 Å². The fourth-order valence-corrected chi connectivity index (χ4v) is 2.23. The third kappa shape index (κ3) is 4.18. The predicted molar refractivity (Wildman–Crippen MR) is 76.3 cm³/mol. The molecular formula is C15H20O8. The van der Waals surface area contributed by atoms with Crippen LogP contribution in [0.5, 0.6) is 5.75 Å². The molecule has 0 amide bonds. The van der Waals surface area contributed by atoms with E-state index in [-0.39, 0.29) is 19.0 Å². The summed E-state index contributed by atoms with van der Waals surface area (Å²) in [5.74, 6) is -0.293. The van der Waals surface area contributed by atoms with Gasteiger partial charge in [-0.15, -0.1) is 0 Å². The zero-order valence-electron chi connectivity index (χ0n) is 12.5. The van der Waals surface area contributed by atoms with Crippen molar-refractivity contribution < 1.29 is 39.4 Å². The van der Waals surface area contributed by atoms with Gasteiger partial charge in [-0.2, -0.15) is 0 Å². The zero-order chi connectivity index (χ0) is 17.0. The minimum absolute atomic E-state index is 0.272. The van der Waals surface area contributed by atoms with Gasteiger partial charge in [0, 0.05) is 12.5 Å². The molecule has 0 spiro atoms. The lowest BCUT2D eigenvalue weighted by Crippen LogP contribution is -2.60. The number of aliphatic hydroxyl groups is 4. The fraction of sp³-hybridized carbons (Fsp3) is 0.533. The largest absolute Gasteiger partial charge is 0.463 e. The maximum absolute atomic E-state index is 10.9. The van der Waals surface area contributed by atoms with Crippen molar-refractivity contribution in [2.45, 2.75) is 44.2 Å². The van der Waals surface area contributed by atoms with Gasteiger partial charge in [-0.25, -0.2) is 0 Å². The van der Waals surface area contributed by atoms with Crippen LogP contribution >= 0.6 is 0 Å². The molecule has 8 nitrogen and oxygen atoms in total. The van der Waals surface area contributed by atoms with E-state index in [4.69, 9.17) is 14.2 Å². The predicted octanol–water partition coefficient (Wildman–Crippen LogP) is -1.07. The van der Waals surface area contributed by atoms with E-state index < -0.39 is 36.7 Å². The normalized spacial score (nSPS) is 30.7. The van der Waals surface area contributed by atoms with Gasteiger partial charge in [0.25, 0.3) is 0 Å². The highest BCUT2D eigenvalue weighted by Gasteiger charge is 2.45. The first-order valence-electron chi connectivity index (χ1n) is 7.12. The fourth-order valence-electron chi connectivity index (χ4n) is 2.23. The Kier molecular flexibility index (Phi) is 5.91. The molecule has 1 aromatic carbocycles. The second kappa shape index (κ2) is 7.71. The summed E-state index contributed by atoms with van der Waals surface area (Å²) in [5, 5.41) is 39.1. The van der Waals surface area contributed by atoms with E-state index in [1.807, 2.05) is 0 Å². The highest BCUT2D eigenvalue weighted by Crippen LogP contribution is 2.26. The molecule has 2 rings (SSSR count). The maximum Gasteiger partial charge on any atom is 0.302 e. The second-order valence-electron chi connectivity index (χ2n) is 5.20. The van der Waals surface area contributed by atoms with Crippen LogP contribution < -0.4 is 4.74 Å². The van der Waals surface area contributed by atoms with Crippen molar-refractivity contribution in [3.8, 4) is 5.75 Å². The number of aliphatic hydroxyl groups excluding tert-OH is 4. The van der Waals surface area contributed by atoms with E-state index >= 15 is 0 Å². The summed E-state index contributed by atoms with van der Waals surface area (Å²) in [6.07, 6.45) is -6.82. The van der Waals surface area contributed by atoms with E-state index in [1.54, 1.807) is 24.3 Å². The van der Waals surface area contributed by atoms with E-state index in [2.05, 4.69) is 0 Å². The molecule has 1 aliphatic heterocycles. The standard InChI is InChI=1S/C15H20O8/c1-8(17)21-7-11-12(18)13(19)14(20)15(23-11)22-10-5-3-2-4-9(10)6-16/h2-5,11-16,18-20H,6-7H2,1H3. The quantitative estimate of drug-likeness (QED) is 0.503. The van der Waals surface area contributed by atoms with Crippen LogP contribution in [0, 0.1) is 0 Å². The van der Waals surface area contributed by atoms with Crippen molar-refractivity contribution in [1.82, 2.24) is 0 Å². The number of carbonyl (C=O) groups excluding carboxylic acids is 1. The van der Waals surface area contributed by atoms with Crippen LogP contribution in [0.2, 0.25) is 0 Å². The van der Waals surface area contributed by atoms with Crippen molar-refractivity contribution in [3.05, 3.63) is 29.8 Å². The summed E-state index contributed by atoms with van der Waals surface area (Å²) in [6, 6.07) is 6.58. The number of ether oxygens (including phenoxy) is 3. The monoisotopic (exact) mass is 328 g/mol. The molecule has 1 fully saturated rings. The Morgan fingerprint density at radius 2 is 1.87 bits per heavy atom. The van der Waals surface area contributed by atoms with E-state index in [0.29, 0.717) is 5.56 Å². The summed E-state index contributed by atoms with van der Waals surface area (Å²) in [7, 11) is 0. The molecule has 1 aromatic rings. The van der Waals surface area contributed by atoms with Gasteiger partial charge in [0.1, 0.15) is 36.8 Å². The third-order valence-electron chi connectivity index (χ3n) is 3.51. The van der Waals surface area contributed by atoms with Crippen LogP contribution in [0.15, 0.2) is 24.3 Å². The number of hydrogen-bond acceptors (Lipinski definition) is 8. The summed E-state index contributed by atoms with van der Waals surface area (Å²) < 4.78 is 15.7. The molecule has 1 saturated heterocycles. The number of esters is 1. The second-order valence-corrected chi connectivity index (χ2v) is 5.20. The van der Waals surface area contributed by atoms with Crippen LogP contribution in [-0.4, -0.2) is 63.7 Å². The Labute approximate surface area is 132 Å². The SMILES string of the molecule is CC(=O)OCC1OC(Oc2ccccc2CO)C(O)C(O)C1O. The lowest BCUT2D eigenvalue weighted by atomic mass is 9.99. The Hall–Kier alpha value is -1.71. The molecule has 5 unspecified atom stereocenters. The zero-order valence-corrected chi connectivity index (χ0v) is 12.5. The van der Waals surface area contributed by atoms with Crippen LogP contribution in [0.3, 0.4) is 0 Å². The molecule has 128 valence electrons. The Morgan fingerprint density at radius 3 is 2.52 bits per heavy atom. The maximum atomic E-state index is 10.9. The Morgan fingerprint density at radius 1 is 1.17 bits per heavy atom. The molecule has 0 aliphatic carbocycles. The molecule has 4 N–H and O–H groups in total. The van der Waals surface area contributed by atoms with Gasteiger partial charge in [-0.1, -0.05) is 18.2 Å². The number of rotatable bonds is 5. The Bertz CT molecular complexity index is 534. The number of benzene rings is 1. The average Bonchev–Trinajstić information content (AvgIpc) is 2.54. The summed E-state index contributed by atoms with van der Waals surface area (Å²) in [5.41, 5.74) is 0.473. The van der Waals surface area contributed by atoms with Crippen LogP contribution in [0.25, 0.3) is 0 Å². The first kappa shape index (κ1) is 17.6. The molecule has 23 heavy (non-hydrogen) atoms. The van der Waals surface area contributed by atoms with Gasteiger partial charge >= 0.3 is 5.97 Å². The van der Waals surface area contributed by atoms with Gasteiger partial charge in [0.2, 0.25) is 6.29 Å². The van der Waals surface area contributed by atoms with E-state index in [1.165, 1.54) is 6.92 Å². The molecule has 0 bridgehead atoms. The molecule has 0 saturated carbocycles. The summed E-state index contributed by atoms with van der Waals surface area (Å²) in [6.45, 7) is 0.634. The molecular weight excluding hydrogens is 308 g/mol. The number of para-hydroxylation sites is 1. The molecule has 1 heterocycles. The number of hydrogen-bond donors (Lipinski definition) is 4. The topological polar surface area (TPSA) is 126 Å². The lowest BCUT2D eigenvalue weighted by molar-refractivity contribution is -0.278. The highest BCUT2D eigenvalue weighted by molar-refractivity contribution is 5.65. The van der Waals surface area contributed by atoms with Crippen LogP contribution in [0.4, 0.5) is 0 Å². The first-order chi connectivity index (χ1) is 10.9. The van der Waals surface area contributed by atoms with Gasteiger partial charge < -0.3 is 34.6 Å². The van der Waals surface area contributed by atoms with Gasteiger partial charge in [-0.3, -0.25) is 4.79 Å². The molecule has 8 heteroatoms. The summed E-state index contributed by atoms with van der Waals surface area (Å²) in [4.78, 5) is 10.9. The van der Waals surface area contributed by atoms with Crippen molar-refractivity contribution in [1.29, 1.82) is 0 Å². The van der Waals surface area contributed by atoms with Gasteiger partial charge in [-0.05, 0) is 6.07 Å². The average molecular weight is 328 g/mol.